The molecule has 0 radical (unpaired) electrons. The van der Waals surface area contributed by atoms with Crippen LogP contribution >= 0.6 is 0 Å². The molecule has 0 amide bonds. The van der Waals surface area contributed by atoms with Crippen LogP contribution in [0, 0.1) is 6.92 Å². The molecule has 0 unspecified atom stereocenters. The normalized spacial score (nSPS) is 10.3. The summed E-state index contributed by atoms with van der Waals surface area (Å²) in [5.41, 5.74) is 0.672. The predicted octanol–water partition coefficient (Wildman–Crippen LogP) is 1.55. The highest BCUT2D eigenvalue weighted by molar-refractivity contribution is 5.86. The van der Waals surface area contributed by atoms with Gasteiger partial charge in [-0.05, 0) is 20.8 Å². The number of aryl methyl sites for hydroxylation is 1. The Kier molecular flexibility index (Phi) is 2.47. The van der Waals surface area contributed by atoms with Crippen molar-refractivity contribution in [1.29, 1.82) is 0 Å². The Balaban J connectivity index is 2.65. The van der Waals surface area contributed by atoms with Gasteiger partial charge in [0.1, 0.15) is 0 Å². The highest BCUT2D eigenvalue weighted by Gasteiger charge is 2.13. The van der Waals surface area contributed by atoms with E-state index >= 15 is 0 Å². The first-order valence-corrected chi connectivity index (χ1v) is 3.74. The number of aromatic nitrogens is 1. The van der Waals surface area contributed by atoms with Crippen LogP contribution in [0.5, 0.6) is 0 Å². The van der Waals surface area contributed by atoms with E-state index < -0.39 is 5.97 Å². The first-order chi connectivity index (χ1) is 5.59. The molecule has 0 atom stereocenters. The van der Waals surface area contributed by atoms with Gasteiger partial charge >= 0.3 is 5.97 Å². The fourth-order valence-corrected chi connectivity index (χ4v) is 0.732. The fourth-order valence-electron chi connectivity index (χ4n) is 0.732. The van der Waals surface area contributed by atoms with Crippen molar-refractivity contribution in [3.63, 3.8) is 0 Å². The standard InChI is InChI=1S/C8H11NO3/c1-5(2)11-8(10)7-4-6(3)9-12-7/h4-5H,1-3H3. The van der Waals surface area contributed by atoms with Gasteiger partial charge in [-0.2, -0.15) is 0 Å². The van der Waals surface area contributed by atoms with Gasteiger partial charge in [-0.25, -0.2) is 4.79 Å². The molecule has 0 N–H and O–H groups in total. The minimum absolute atomic E-state index is 0.136. The number of nitrogens with zero attached hydrogens (tertiary/aromatic N) is 1. The predicted molar refractivity (Wildman–Crippen MR) is 41.8 cm³/mol. The van der Waals surface area contributed by atoms with Crippen LogP contribution in [0.15, 0.2) is 10.6 Å². The third-order valence-electron chi connectivity index (χ3n) is 1.17. The molecule has 4 heteroatoms. The number of esters is 1. The van der Waals surface area contributed by atoms with Crippen molar-refractivity contribution >= 4 is 5.97 Å². The van der Waals surface area contributed by atoms with Gasteiger partial charge in [0.15, 0.2) is 0 Å². The lowest BCUT2D eigenvalue weighted by atomic mass is 10.4. The van der Waals surface area contributed by atoms with Crippen LogP contribution in [0.2, 0.25) is 0 Å². The number of carbonyl (C=O) groups is 1. The summed E-state index contributed by atoms with van der Waals surface area (Å²) in [6.45, 7) is 5.30. The topological polar surface area (TPSA) is 52.3 Å². The molecule has 12 heavy (non-hydrogen) atoms. The average molecular weight is 169 g/mol. The maximum absolute atomic E-state index is 11.1. The SMILES string of the molecule is Cc1cc(C(=O)OC(C)C)on1. The van der Waals surface area contributed by atoms with Crippen molar-refractivity contribution in [2.75, 3.05) is 0 Å². The van der Waals surface area contributed by atoms with E-state index in [0.29, 0.717) is 5.69 Å². The molecule has 0 bridgehead atoms. The quantitative estimate of drug-likeness (QED) is 0.630. The monoisotopic (exact) mass is 169 g/mol. The van der Waals surface area contributed by atoms with E-state index in [-0.39, 0.29) is 11.9 Å². The second kappa shape index (κ2) is 3.38. The van der Waals surface area contributed by atoms with Crippen molar-refractivity contribution in [3.8, 4) is 0 Å². The molecule has 0 aliphatic carbocycles. The summed E-state index contributed by atoms with van der Waals surface area (Å²) >= 11 is 0. The molecule has 0 saturated carbocycles. The molecular formula is C8H11NO3. The molecular weight excluding hydrogens is 158 g/mol. The summed E-state index contributed by atoms with van der Waals surface area (Å²) in [6.07, 6.45) is -0.136. The Bertz CT molecular complexity index is 278. The van der Waals surface area contributed by atoms with E-state index in [9.17, 15) is 4.79 Å². The van der Waals surface area contributed by atoms with Gasteiger partial charge in [0.25, 0.3) is 0 Å². The summed E-state index contributed by atoms with van der Waals surface area (Å²) in [6, 6.07) is 1.55. The van der Waals surface area contributed by atoms with E-state index in [1.54, 1.807) is 26.8 Å². The van der Waals surface area contributed by atoms with Gasteiger partial charge in [-0.1, -0.05) is 5.16 Å². The highest BCUT2D eigenvalue weighted by atomic mass is 16.6. The van der Waals surface area contributed by atoms with Crippen molar-refractivity contribution in [1.82, 2.24) is 5.16 Å². The molecule has 0 aliphatic rings. The van der Waals surface area contributed by atoms with Crippen molar-refractivity contribution in [2.45, 2.75) is 26.9 Å². The minimum atomic E-state index is -0.467. The van der Waals surface area contributed by atoms with Gasteiger partial charge in [0, 0.05) is 6.07 Å². The van der Waals surface area contributed by atoms with Crippen LogP contribution in [-0.2, 0) is 4.74 Å². The average Bonchev–Trinajstić information content (AvgIpc) is 2.34. The number of carbonyl (C=O) groups excluding carboxylic acids is 1. The molecule has 66 valence electrons. The molecule has 1 aromatic heterocycles. The van der Waals surface area contributed by atoms with Crippen LogP contribution < -0.4 is 0 Å². The van der Waals surface area contributed by atoms with Crippen LogP contribution in [0.1, 0.15) is 30.1 Å². The Morgan fingerprint density at radius 3 is 2.75 bits per heavy atom. The summed E-state index contributed by atoms with van der Waals surface area (Å²) in [4.78, 5) is 11.1. The lowest BCUT2D eigenvalue weighted by Gasteiger charge is -2.03. The maximum Gasteiger partial charge on any atom is 0.377 e. The van der Waals surface area contributed by atoms with E-state index in [0.717, 1.165) is 0 Å². The Morgan fingerprint density at radius 1 is 1.67 bits per heavy atom. The molecule has 1 heterocycles. The third kappa shape index (κ3) is 2.08. The van der Waals surface area contributed by atoms with E-state index in [4.69, 9.17) is 9.26 Å². The number of hydrogen-bond acceptors (Lipinski definition) is 4. The van der Waals surface area contributed by atoms with Gasteiger partial charge in [0.05, 0.1) is 11.8 Å². The zero-order chi connectivity index (χ0) is 9.14. The fraction of sp³-hybridized carbons (Fsp3) is 0.500. The summed E-state index contributed by atoms with van der Waals surface area (Å²) < 4.78 is 9.58. The zero-order valence-electron chi connectivity index (χ0n) is 7.33. The molecule has 0 spiro atoms. The Labute approximate surface area is 70.5 Å². The summed E-state index contributed by atoms with van der Waals surface area (Å²) in [5.74, 6) is -0.313. The van der Waals surface area contributed by atoms with Gasteiger partial charge in [0.2, 0.25) is 5.76 Å². The Hall–Kier alpha value is -1.32. The van der Waals surface area contributed by atoms with E-state index in [1.807, 2.05) is 0 Å². The maximum atomic E-state index is 11.1. The number of ether oxygens (including phenoxy) is 1. The summed E-state index contributed by atoms with van der Waals surface area (Å²) in [7, 11) is 0. The Morgan fingerprint density at radius 2 is 2.33 bits per heavy atom. The van der Waals surface area contributed by atoms with Crippen LogP contribution in [0.4, 0.5) is 0 Å². The summed E-state index contributed by atoms with van der Waals surface area (Å²) in [5, 5.41) is 3.57. The van der Waals surface area contributed by atoms with Crippen molar-refractivity contribution < 1.29 is 14.1 Å². The van der Waals surface area contributed by atoms with Gasteiger partial charge < -0.3 is 9.26 Å². The number of rotatable bonds is 2. The molecule has 1 aromatic rings. The largest absolute Gasteiger partial charge is 0.457 e. The molecule has 0 aliphatic heterocycles. The minimum Gasteiger partial charge on any atom is -0.457 e. The molecule has 0 fully saturated rings. The highest BCUT2D eigenvalue weighted by Crippen LogP contribution is 2.05. The number of hydrogen-bond donors (Lipinski definition) is 0. The lowest BCUT2D eigenvalue weighted by Crippen LogP contribution is -2.10. The zero-order valence-corrected chi connectivity index (χ0v) is 7.33. The molecule has 0 aromatic carbocycles. The van der Waals surface area contributed by atoms with Crippen molar-refractivity contribution in [2.24, 2.45) is 0 Å². The van der Waals surface area contributed by atoms with Gasteiger partial charge in [-0.3, -0.25) is 0 Å². The third-order valence-corrected chi connectivity index (χ3v) is 1.17. The van der Waals surface area contributed by atoms with E-state index in [1.165, 1.54) is 0 Å². The second-order valence-electron chi connectivity index (χ2n) is 2.79. The van der Waals surface area contributed by atoms with Crippen LogP contribution in [0.3, 0.4) is 0 Å². The van der Waals surface area contributed by atoms with Crippen LogP contribution in [0.25, 0.3) is 0 Å². The first-order valence-electron chi connectivity index (χ1n) is 3.74. The van der Waals surface area contributed by atoms with Crippen molar-refractivity contribution in [3.05, 3.63) is 17.5 Å². The molecule has 1 rings (SSSR count). The first kappa shape index (κ1) is 8.77. The lowest BCUT2D eigenvalue weighted by molar-refractivity contribution is 0.0331. The second-order valence-corrected chi connectivity index (χ2v) is 2.79. The van der Waals surface area contributed by atoms with Gasteiger partial charge in [-0.15, -0.1) is 0 Å². The molecule has 4 nitrogen and oxygen atoms in total. The molecule has 0 saturated heterocycles. The van der Waals surface area contributed by atoms with E-state index in [2.05, 4.69) is 5.16 Å². The smallest absolute Gasteiger partial charge is 0.377 e. The van der Waals surface area contributed by atoms with Crippen LogP contribution in [-0.4, -0.2) is 17.2 Å².